The van der Waals surface area contributed by atoms with Gasteiger partial charge in [0.25, 0.3) is 0 Å². The van der Waals surface area contributed by atoms with Gasteiger partial charge in [-0.05, 0) is 12.0 Å². The van der Waals surface area contributed by atoms with Gasteiger partial charge in [-0.2, -0.15) is 0 Å². The normalized spacial score (nSPS) is 10.4. The van der Waals surface area contributed by atoms with Gasteiger partial charge in [0, 0.05) is 18.5 Å². The zero-order valence-electron chi connectivity index (χ0n) is 11.6. The largest absolute Gasteiger partial charge is 0.375 e. The summed E-state index contributed by atoms with van der Waals surface area (Å²) in [6.07, 6.45) is 1.26. The highest BCUT2D eigenvalue weighted by atomic mass is 32.1. The van der Waals surface area contributed by atoms with Gasteiger partial charge in [-0.15, -0.1) is 11.3 Å². The molecule has 4 nitrogen and oxygen atoms in total. The Morgan fingerprint density at radius 2 is 2.10 bits per heavy atom. The fourth-order valence-corrected chi connectivity index (χ4v) is 2.60. The minimum Gasteiger partial charge on any atom is -0.375 e. The molecule has 0 radical (unpaired) electrons. The first-order valence-corrected chi connectivity index (χ1v) is 7.58. The number of benzene rings is 1. The minimum atomic E-state index is 0.0982. The summed E-state index contributed by atoms with van der Waals surface area (Å²) in [6, 6.07) is 10.0. The summed E-state index contributed by atoms with van der Waals surface area (Å²) >= 11 is 1.37. The molecule has 0 aliphatic carbocycles. The lowest BCUT2D eigenvalue weighted by Crippen LogP contribution is -2.32. The van der Waals surface area contributed by atoms with Crippen LogP contribution in [0.3, 0.4) is 0 Å². The highest BCUT2D eigenvalue weighted by molar-refractivity contribution is 7.13. The van der Waals surface area contributed by atoms with Crippen molar-refractivity contribution in [3.8, 4) is 0 Å². The number of nitrogens with two attached hydrogens (primary N) is 1. The molecule has 1 amide bonds. The fraction of sp³-hybridized carbons (Fsp3) is 0.333. The summed E-state index contributed by atoms with van der Waals surface area (Å²) < 4.78 is 0. The number of aromatic nitrogens is 1. The van der Waals surface area contributed by atoms with Crippen LogP contribution >= 0.6 is 11.3 Å². The van der Waals surface area contributed by atoms with Crippen LogP contribution in [0.25, 0.3) is 0 Å². The SMILES string of the molecule is CCCN(Cc1ccccc1)C(=O)Cc1csc(N)n1. The maximum atomic E-state index is 12.4. The molecule has 1 aromatic heterocycles. The van der Waals surface area contributed by atoms with Crippen molar-refractivity contribution in [2.75, 3.05) is 12.3 Å². The number of hydrogen-bond donors (Lipinski definition) is 1. The lowest BCUT2D eigenvalue weighted by molar-refractivity contribution is -0.131. The molecule has 0 bridgehead atoms. The zero-order chi connectivity index (χ0) is 14.4. The van der Waals surface area contributed by atoms with E-state index in [9.17, 15) is 4.79 Å². The summed E-state index contributed by atoms with van der Waals surface area (Å²) in [4.78, 5) is 18.4. The van der Waals surface area contributed by atoms with Gasteiger partial charge >= 0.3 is 0 Å². The molecule has 0 spiro atoms. The van der Waals surface area contributed by atoms with E-state index >= 15 is 0 Å². The van der Waals surface area contributed by atoms with Gasteiger partial charge in [0.15, 0.2) is 5.13 Å². The van der Waals surface area contributed by atoms with Crippen molar-refractivity contribution in [2.24, 2.45) is 0 Å². The second kappa shape index (κ2) is 7.05. The van der Waals surface area contributed by atoms with Crippen molar-refractivity contribution in [3.63, 3.8) is 0 Å². The maximum Gasteiger partial charge on any atom is 0.228 e. The third kappa shape index (κ3) is 4.06. The highest BCUT2D eigenvalue weighted by Gasteiger charge is 2.15. The smallest absolute Gasteiger partial charge is 0.228 e. The maximum absolute atomic E-state index is 12.4. The topological polar surface area (TPSA) is 59.2 Å². The first-order chi connectivity index (χ1) is 9.69. The quantitative estimate of drug-likeness (QED) is 0.889. The fourth-order valence-electron chi connectivity index (χ4n) is 2.04. The monoisotopic (exact) mass is 289 g/mol. The van der Waals surface area contributed by atoms with Gasteiger partial charge in [-0.1, -0.05) is 37.3 Å². The lowest BCUT2D eigenvalue weighted by Gasteiger charge is -2.22. The van der Waals surface area contributed by atoms with Crippen LogP contribution in [0.1, 0.15) is 24.6 Å². The Morgan fingerprint density at radius 3 is 2.70 bits per heavy atom. The van der Waals surface area contributed by atoms with Gasteiger partial charge in [-0.3, -0.25) is 4.79 Å². The number of amides is 1. The van der Waals surface area contributed by atoms with E-state index in [1.807, 2.05) is 40.6 Å². The van der Waals surface area contributed by atoms with Gasteiger partial charge in [0.2, 0.25) is 5.91 Å². The average molecular weight is 289 g/mol. The first-order valence-electron chi connectivity index (χ1n) is 6.70. The van der Waals surface area contributed by atoms with E-state index in [1.165, 1.54) is 11.3 Å². The van der Waals surface area contributed by atoms with Crippen molar-refractivity contribution >= 4 is 22.4 Å². The van der Waals surface area contributed by atoms with Crippen LogP contribution in [0.15, 0.2) is 35.7 Å². The van der Waals surface area contributed by atoms with Crippen LogP contribution in [0.2, 0.25) is 0 Å². The summed E-state index contributed by atoms with van der Waals surface area (Å²) in [5.41, 5.74) is 7.50. The summed E-state index contributed by atoms with van der Waals surface area (Å²) in [6.45, 7) is 3.48. The van der Waals surface area contributed by atoms with E-state index in [4.69, 9.17) is 5.73 Å². The second-order valence-electron chi connectivity index (χ2n) is 4.65. The average Bonchev–Trinajstić information content (AvgIpc) is 2.85. The molecule has 2 aromatic rings. The molecule has 1 heterocycles. The molecule has 0 aliphatic rings. The predicted octanol–water partition coefficient (Wildman–Crippen LogP) is 2.71. The lowest BCUT2D eigenvalue weighted by atomic mass is 10.2. The van der Waals surface area contributed by atoms with Crippen molar-refractivity contribution in [1.82, 2.24) is 9.88 Å². The van der Waals surface area contributed by atoms with E-state index in [2.05, 4.69) is 11.9 Å². The number of carbonyl (C=O) groups is 1. The van der Waals surface area contributed by atoms with Crippen molar-refractivity contribution in [2.45, 2.75) is 26.3 Å². The molecule has 2 N–H and O–H groups in total. The molecule has 2 rings (SSSR count). The molecule has 0 atom stereocenters. The van der Waals surface area contributed by atoms with Gasteiger partial charge < -0.3 is 10.6 Å². The Kier molecular flexibility index (Phi) is 5.12. The molecule has 1 aromatic carbocycles. The van der Waals surface area contributed by atoms with E-state index in [-0.39, 0.29) is 5.91 Å². The summed E-state index contributed by atoms with van der Waals surface area (Å²) in [5.74, 6) is 0.0982. The number of rotatable bonds is 6. The number of anilines is 1. The molecule has 0 saturated carbocycles. The van der Waals surface area contributed by atoms with Crippen LogP contribution in [0.5, 0.6) is 0 Å². The number of nitrogens with zero attached hydrogens (tertiary/aromatic N) is 2. The van der Waals surface area contributed by atoms with Crippen molar-refractivity contribution in [1.29, 1.82) is 0 Å². The predicted molar refractivity (Wildman–Crippen MR) is 82.4 cm³/mol. The molecule has 20 heavy (non-hydrogen) atoms. The van der Waals surface area contributed by atoms with Crippen LogP contribution in [-0.4, -0.2) is 22.3 Å². The Bertz CT molecular complexity index is 553. The van der Waals surface area contributed by atoms with E-state index in [0.29, 0.717) is 18.1 Å². The van der Waals surface area contributed by atoms with Gasteiger partial charge in [0.1, 0.15) is 0 Å². The Labute approximate surface area is 123 Å². The molecule has 5 heteroatoms. The van der Waals surface area contributed by atoms with Crippen LogP contribution in [0.4, 0.5) is 5.13 Å². The van der Waals surface area contributed by atoms with Crippen LogP contribution in [0, 0.1) is 0 Å². The third-order valence-corrected chi connectivity index (χ3v) is 3.69. The number of hydrogen-bond acceptors (Lipinski definition) is 4. The molecule has 0 fully saturated rings. The standard InChI is InChI=1S/C15H19N3OS/c1-2-8-18(10-12-6-4-3-5-7-12)14(19)9-13-11-20-15(16)17-13/h3-7,11H,2,8-10H2,1H3,(H2,16,17). The molecule has 0 saturated heterocycles. The molecular weight excluding hydrogens is 270 g/mol. The molecule has 0 aliphatic heterocycles. The zero-order valence-corrected chi connectivity index (χ0v) is 12.4. The number of carbonyl (C=O) groups excluding carboxylic acids is 1. The van der Waals surface area contributed by atoms with Crippen molar-refractivity contribution < 1.29 is 4.79 Å². The van der Waals surface area contributed by atoms with E-state index in [0.717, 1.165) is 24.2 Å². The van der Waals surface area contributed by atoms with Gasteiger partial charge in [-0.25, -0.2) is 4.98 Å². The number of thiazole rings is 1. The molecule has 106 valence electrons. The van der Waals surface area contributed by atoms with Crippen molar-refractivity contribution in [3.05, 3.63) is 47.0 Å². The van der Waals surface area contributed by atoms with E-state index < -0.39 is 0 Å². The highest BCUT2D eigenvalue weighted by Crippen LogP contribution is 2.13. The summed E-state index contributed by atoms with van der Waals surface area (Å²) in [7, 11) is 0. The Balaban J connectivity index is 2.02. The third-order valence-electron chi connectivity index (χ3n) is 2.96. The molecular formula is C15H19N3OS. The number of nitrogen functional groups attached to an aromatic ring is 1. The first kappa shape index (κ1) is 14.5. The van der Waals surface area contributed by atoms with Crippen LogP contribution < -0.4 is 5.73 Å². The second-order valence-corrected chi connectivity index (χ2v) is 5.54. The summed E-state index contributed by atoms with van der Waals surface area (Å²) in [5, 5.41) is 2.36. The minimum absolute atomic E-state index is 0.0982. The van der Waals surface area contributed by atoms with Gasteiger partial charge in [0.05, 0.1) is 12.1 Å². The Hall–Kier alpha value is -1.88. The molecule has 0 unspecified atom stereocenters. The van der Waals surface area contributed by atoms with Crippen LogP contribution in [-0.2, 0) is 17.8 Å². The Morgan fingerprint density at radius 1 is 1.35 bits per heavy atom. The van der Waals surface area contributed by atoms with E-state index in [1.54, 1.807) is 0 Å².